The highest BCUT2D eigenvalue weighted by Crippen LogP contribution is 2.25. The normalized spacial score (nSPS) is 11.1. The highest BCUT2D eigenvalue weighted by atomic mass is 79.9. The number of nitrogen functional groups attached to an aromatic ring is 1. The van der Waals surface area contributed by atoms with Crippen molar-refractivity contribution in [2.75, 3.05) is 5.73 Å². The minimum Gasteiger partial charge on any atom is -0.378 e. The Bertz CT molecular complexity index is 1210. The molecular formula is C19H15BrN8O2S. The summed E-state index contributed by atoms with van der Waals surface area (Å²) in [7, 11) is 0. The third kappa shape index (κ3) is 4.98. The zero-order chi connectivity index (χ0) is 21.6. The van der Waals surface area contributed by atoms with Crippen molar-refractivity contribution in [1.29, 1.82) is 0 Å². The third-order valence-electron chi connectivity index (χ3n) is 4.04. The second-order valence-corrected chi connectivity index (χ2v) is 8.09. The molecule has 0 radical (unpaired) electrons. The first-order chi connectivity index (χ1) is 15.1. The lowest BCUT2D eigenvalue weighted by molar-refractivity contribution is 0.0949. The lowest BCUT2D eigenvalue weighted by Gasteiger charge is -2.05. The van der Waals surface area contributed by atoms with Crippen LogP contribution in [0.5, 0.6) is 0 Å². The van der Waals surface area contributed by atoms with Gasteiger partial charge in [-0.25, -0.2) is 10.1 Å². The van der Waals surface area contributed by atoms with Crippen LogP contribution in [-0.4, -0.2) is 37.4 Å². The van der Waals surface area contributed by atoms with Crippen LogP contribution in [0.1, 0.15) is 21.7 Å². The number of hydrogen-bond acceptors (Lipinski definition) is 9. The molecule has 0 aliphatic heterocycles. The molecule has 0 aliphatic rings. The minimum atomic E-state index is -0.515. The van der Waals surface area contributed by atoms with Gasteiger partial charge in [-0.3, -0.25) is 4.79 Å². The van der Waals surface area contributed by atoms with Gasteiger partial charge in [-0.15, -0.1) is 16.9 Å². The average molecular weight is 499 g/mol. The number of nitrogens with one attached hydrogen (secondary N) is 1. The van der Waals surface area contributed by atoms with E-state index in [1.165, 1.54) is 22.7 Å². The Morgan fingerprint density at radius 3 is 2.68 bits per heavy atom. The van der Waals surface area contributed by atoms with E-state index in [-0.39, 0.29) is 17.3 Å². The molecule has 10 nitrogen and oxygen atoms in total. The smallest absolute Gasteiger partial charge is 0.293 e. The van der Waals surface area contributed by atoms with Gasteiger partial charge in [0, 0.05) is 15.1 Å². The molecule has 0 spiro atoms. The van der Waals surface area contributed by atoms with Crippen LogP contribution < -0.4 is 11.2 Å². The number of thioether (sulfide) groups is 1. The molecule has 0 unspecified atom stereocenters. The van der Waals surface area contributed by atoms with E-state index in [9.17, 15) is 4.79 Å². The molecule has 4 aromatic rings. The number of nitrogens with two attached hydrogens (primary N) is 1. The predicted octanol–water partition coefficient (Wildman–Crippen LogP) is 3.05. The molecule has 31 heavy (non-hydrogen) atoms. The van der Waals surface area contributed by atoms with Gasteiger partial charge >= 0.3 is 0 Å². The predicted molar refractivity (Wildman–Crippen MR) is 119 cm³/mol. The Hall–Kier alpha value is -3.51. The van der Waals surface area contributed by atoms with Crippen LogP contribution in [0.15, 0.2) is 73.7 Å². The number of carbonyl (C=O) groups excluding carboxylic acids is 1. The van der Waals surface area contributed by atoms with E-state index in [0.717, 1.165) is 14.9 Å². The van der Waals surface area contributed by atoms with Gasteiger partial charge < -0.3 is 5.73 Å². The number of carbonyl (C=O) groups is 1. The highest BCUT2D eigenvalue weighted by Gasteiger charge is 2.23. The number of rotatable bonds is 7. The molecular weight excluding hydrogens is 484 g/mol. The number of hydrazone groups is 1. The number of nitrogens with zero attached hydrogens (tertiary/aromatic N) is 6. The molecule has 0 bridgehead atoms. The van der Waals surface area contributed by atoms with E-state index in [4.69, 9.17) is 5.73 Å². The van der Waals surface area contributed by atoms with Crippen molar-refractivity contribution in [3.05, 3.63) is 76.0 Å². The zero-order valence-electron chi connectivity index (χ0n) is 15.8. The van der Waals surface area contributed by atoms with Crippen molar-refractivity contribution in [3.8, 4) is 5.82 Å². The van der Waals surface area contributed by atoms with E-state index in [1.54, 1.807) is 0 Å². The second kappa shape index (κ2) is 9.53. The Labute approximate surface area is 189 Å². The van der Waals surface area contributed by atoms with Gasteiger partial charge in [0.2, 0.25) is 11.6 Å². The maximum absolute atomic E-state index is 12.7. The largest absolute Gasteiger partial charge is 0.378 e. The molecule has 2 aromatic heterocycles. The number of anilines is 1. The maximum atomic E-state index is 12.7. The van der Waals surface area contributed by atoms with Crippen LogP contribution in [-0.2, 0) is 5.75 Å². The Kier molecular flexibility index (Phi) is 6.38. The van der Waals surface area contributed by atoms with Gasteiger partial charge in [0.05, 0.1) is 11.9 Å². The van der Waals surface area contributed by atoms with Crippen LogP contribution in [0.4, 0.5) is 5.82 Å². The number of aromatic nitrogens is 5. The lowest BCUT2D eigenvalue weighted by Crippen LogP contribution is -2.20. The van der Waals surface area contributed by atoms with E-state index >= 15 is 0 Å². The quantitative estimate of drug-likeness (QED) is 0.225. The minimum absolute atomic E-state index is 0.0380. The van der Waals surface area contributed by atoms with Crippen LogP contribution in [0.3, 0.4) is 0 Å². The molecule has 0 saturated carbocycles. The number of benzene rings is 2. The fourth-order valence-corrected chi connectivity index (χ4v) is 3.73. The highest BCUT2D eigenvalue weighted by molar-refractivity contribution is 9.10. The number of hydrogen-bond donors (Lipinski definition) is 2. The summed E-state index contributed by atoms with van der Waals surface area (Å²) in [6.45, 7) is 0. The lowest BCUT2D eigenvalue weighted by atomic mass is 10.2. The van der Waals surface area contributed by atoms with Crippen LogP contribution in [0, 0.1) is 0 Å². The van der Waals surface area contributed by atoms with E-state index in [1.807, 2.05) is 54.6 Å². The van der Waals surface area contributed by atoms with Crippen molar-refractivity contribution in [3.63, 3.8) is 0 Å². The van der Waals surface area contributed by atoms with E-state index in [0.29, 0.717) is 11.4 Å². The second-order valence-electron chi connectivity index (χ2n) is 6.12. The SMILES string of the molecule is Nc1nonc1-n1nnc(C(=O)NN=Cc2ccc(Br)cc2)c1CSc1ccccc1. The van der Waals surface area contributed by atoms with Gasteiger partial charge in [0.1, 0.15) is 0 Å². The molecule has 0 saturated heterocycles. The molecule has 0 aliphatic carbocycles. The van der Waals surface area contributed by atoms with Gasteiger partial charge in [0.15, 0.2) is 5.69 Å². The summed E-state index contributed by atoms with van der Waals surface area (Å²) in [5, 5.41) is 19.4. The van der Waals surface area contributed by atoms with E-state index < -0.39 is 5.91 Å². The van der Waals surface area contributed by atoms with Crippen LogP contribution >= 0.6 is 27.7 Å². The fourth-order valence-electron chi connectivity index (χ4n) is 2.55. The number of halogens is 1. The van der Waals surface area contributed by atoms with E-state index in [2.05, 4.69) is 51.7 Å². The van der Waals surface area contributed by atoms with Crippen molar-refractivity contribution in [1.82, 2.24) is 30.7 Å². The first-order valence-electron chi connectivity index (χ1n) is 8.91. The molecule has 4 rings (SSSR count). The molecule has 3 N–H and O–H groups in total. The third-order valence-corrected chi connectivity index (χ3v) is 5.59. The Balaban J connectivity index is 1.57. The average Bonchev–Trinajstić information content (AvgIpc) is 3.40. The summed E-state index contributed by atoms with van der Waals surface area (Å²) in [6, 6.07) is 17.2. The number of amides is 1. The topological polar surface area (TPSA) is 137 Å². The van der Waals surface area contributed by atoms with Crippen molar-refractivity contribution in [2.45, 2.75) is 10.6 Å². The van der Waals surface area contributed by atoms with Gasteiger partial charge in [-0.05, 0) is 40.1 Å². The molecule has 12 heteroatoms. The van der Waals surface area contributed by atoms with Gasteiger partial charge in [-0.2, -0.15) is 9.78 Å². The molecule has 0 atom stereocenters. The Morgan fingerprint density at radius 2 is 1.97 bits per heavy atom. The Morgan fingerprint density at radius 1 is 1.19 bits per heavy atom. The summed E-state index contributed by atoms with van der Waals surface area (Å²) in [6.07, 6.45) is 1.53. The summed E-state index contributed by atoms with van der Waals surface area (Å²) in [4.78, 5) is 13.8. The molecule has 2 heterocycles. The first kappa shape index (κ1) is 20.8. The first-order valence-corrected chi connectivity index (χ1v) is 10.7. The molecule has 1 amide bonds. The summed E-state index contributed by atoms with van der Waals surface area (Å²) >= 11 is 4.88. The summed E-state index contributed by atoms with van der Waals surface area (Å²) < 4.78 is 6.96. The zero-order valence-corrected chi connectivity index (χ0v) is 18.2. The molecule has 2 aromatic carbocycles. The van der Waals surface area contributed by atoms with Gasteiger partial charge in [0.25, 0.3) is 5.91 Å². The van der Waals surface area contributed by atoms with Crippen molar-refractivity contribution < 1.29 is 9.42 Å². The maximum Gasteiger partial charge on any atom is 0.293 e. The van der Waals surface area contributed by atoms with Gasteiger partial charge in [-0.1, -0.05) is 51.5 Å². The monoisotopic (exact) mass is 498 g/mol. The summed E-state index contributed by atoms with van der Waals surface area (Å²) in [5.74, 6) is 0.0608. The standard InChI is InChI=1S/C19H15BrN8O2S/c20-13-8-6-12(7-9-13)10-22-24-19(29)16-15(11-31-14-4-2-1-3-5-14)28(27-23-16)18-17(21)25-30-26-18/h1-10H,11H2,(H2,21,25)(H,24,29). The summed E-state index contributed by atoms with van der Waals surface area (Å²) in [5.41, 5.74) is 9.68. The van der Waals surface area contributed by atoms with Crippen molar-refractivity contribution in [2.24, 2.45) is 5.10 Å². The van der Waals surface area contributed by atoms with Crippen LogP contribution in [0.25, 0.3) is 5.82 Å². The fraction of sp³-hybridized carbons (Fsp3) is 0.0526. The molecule has 156 valence electrons. The van der Waals surface area contributed by atoms with Crippen LogP contribution in [0.2, 0.25) is 0 Å². The molecule has 0 fully saturated rings. The van der Waals surface area contributed by atoms with Crippen molar-refractivity contribution >= 4 is 45.6 Å².